The maximum Gasteiger partial charge on any atom is 0.416 e. The Morgan fingerprint density at radius 3 is 2.07 bits per heavy atom. The van der Waals surface area contributed by atoms with Gasteiger partial charge in [-0.15, -0.1) is 0 Å². The summed E-state index contributed by atoms with van der Waals surface area (Å²) in [6.45, 7) is 2.98. The first-order valence-corrected chi connectivity index (χ1v) is 14.8. The number of hydrogen-bond acceptors (Lipinski definition) is 7. The van der Waals surface area contributed by atoms with E-state index in [0.717, 1.165) is 22.0 Å². The molecule has 3 N–H and O–H groups in total. The molecule has 0 fully saturated rings. The molecule has 0 saturated carbocycles. The molecule has 43 heavy (non-hydrogen) atoms. The van der Waals surface area contributed by atoms with Gasteiger partial charge in [0.15, 0.2) is 11.5 Å². The van der Waals surface area contributed by atoms with Crippen molar-refractivity contribution in [1.29, 1.82) is 0 Å². The van der Waals surface area contributed by atoms with Crippen LogP contribution >= 0.6 is 0 Å². The molecular weight excluding hydrogens is 589 g/mol. The lowest BCUT2D eigenvalue weighted by Crippen LogP contribution is -2.51. The minimum absolute atomic E-state index is 0.0527. The number of amides is 1. The number of carbonyl (C=O) groups is 1. The van der Waals surface area contributed by atoms with E-state index < -0.39 is 52.1 Å². The van der Waals surface area contributed by atoms with Gasteiger partial charge in [0, 0.05) is 25.2 Å². The maximum absolute atomic E-state index is 13.6. The quantitative estimate of drug-likeness (QED) is 0.256. The Bertz CT molecular complexity index is 1480. The first-order valence-electron chi connectivity index (χ1n) is 13.3. The number of ether oxygens (including phenoxy) is 2. The van der Waals surface area contributed by atoms with Gasteiger partial charge in [-0.2, -0.15) is 17.5 Å². The summed E-state index contributed by atoms with van der Waals surface area (Å²) in [6.07, 6.45) is -6.01. The number of aromatic hydroxyl groups is 1. The van der Waals surface area contributed by atoms with Gasteiger partial charge in [-0.3, -0.25) is 4.79 Å². The fraction of sp³-hybridized carbons (Fsp3) is 0.367. The number of nitrogens with zero attached hydrogens (tertiary/aromatic N) is 1. The predicted octanol–water partition coefficient (Wildman–Crippen LogP) is 4.48. The molecule has 3 rings (SSSR count). The highest BCUT2D eigenvalue weighted by Crippen LogP contribution is 2.34. The van der Waals surface area contributed by atoms with Crippen molar-refractivity contribution in [2.24, 2.45) is 5.92 Å². The van der Waals surface area contributed by atoms with Gasteiger partial charge in [0.25, 0.3) is 5.91 Å². The lowest BCUT2D eigenvalue weighted by Gasteiger charge is -2.31. The molecule has 3 aromatic rings. The van der Waals surface area contributed by atoms with Gasteiger partial charge in [0.1, 0.15) is 5.75 Å². The Morgan fingerprint density at radius 2 is 1.53 bits per heavy atom. The summed E-state index contributed by atoms with van der Waals surface area (Å²) >= 11 is 0. The molecule has 0 aliphatic carbocycles. The molecule has 0 aromatic heterocycles. The van der Waals surface area contributed by atoms with Gasteiger partial charge in [-0.25, -0.2) is 8.42 Å². The van der Waals surface area contributed by atoms with Crippen LogP contribution in [0.2, 0.25) is 0 Å². The summed E-state index contributed by atoms with van der Waals surface area (Å²) in [5.41, 5.74) is -0.435. The molecule has 0 spiro atoms. The van der Waals surface area contributed by atoms with Crippen LogP contribution in [0.4, 0.5) is 13.2 Å². The van der Waals surface area contributed by atoms with E-state index in [1.807, 2.05) is 0 Å². The van der Waals surface area contributed by atoms with Crippen LogP contribution in [0.15, 0.2) is 71.6 Å². The van der Waals surface area contributed by atoms with Crippen LogP contribution in [0.1, 0.15) is 35.3 Å². The molecule has 234 valence electrons. The average molecular weight is 625 g/mol. The van der Waals surface area contributed by atoms with Gasteiger partial charge in [-0.1, -0.05) is 44.2 Å². The van der Waals surface area contributed by atoms with E-state index in [1.165, 1.54) is 26.4 Å². The molecule has 0 heterocycles. The zero-order valence-electron chi connectivity index (χ0n) is 24.1. The molecule has 9 nitrogen and oxygen atoms in total. The third-order valence-electron chi connectivity index (χ3n) is 6.60. The first kappa shape index (κ1) is 33.7. The molecule has 0 saturated heterocycles. The van der Waals surface area contributed by atoms with Crippen molar-refractivity contribution in [2.75, 3.05) is 27.3 Å². The fourth-order valence-corrected chi connectivity index (χ4v) is 6.05. The van der Waals surface area contributed by atoms with Crippen molar-refractivity contribution >= 4 is 15.9 Å². The molecule has 13 heteroatoms. The maximum atomic E-state index is 13.6. The molecule has 0 radical (unpaired) electrons. The second-order valence-corrected chi connectivity index (χ2v) is 12.2. The van der Waals surface area contributed by atoms with Crippen LogP contribution in [0.3, 0.4) is 0 Å². The minimum Gasteiger partial charge on any atom is -0.507 e. The number of aliphatic hydroxyl groups excluding tert-OH is 1. The van der Waals surface area contributed by atoms with Crippen LogP contribution in [0, 0.1) is 5.92 Å². The normalized spacial score (nSPS) is 13.5. The number of nitrogens with one attached hydrogen (secondary N) is 1. The smallest absolute Gasteiger partial charge is 0.416 e. The minimum atomic E-state index is -4.64. The summed E-state index contributed by atoms with van der Waals surface area (Å²) in [5.74, 6) is -1.01. The summed E-state index contributed by atoms with van der Waals surface area (Å²) < 4.78 is 77.6. The predicted molar refractivity (Wildman–Crippen MR) is 154 cm³/mol. The number of phenols is 1. The molecule has 2 atom stereocenters. The molecular formula is C30H35F3N2O7S. The number of methoxy groups -OCH3 is 2. The highest BCUT2D eigenvalue weighted by Gasteiger charge is 2.34. The van der Waals surface area contributed by atoms with Crippen molar-refractivity contribution in [3.63, 3.8) is 0 Å². The summed E-state index contributed by atoms with van der Waals surface area (Å²) in [5, 5.41) is 24.6. The van der Waals surface area contributed by atoms with Crippen LogP contribution < -0.4 is 14.8 Å². The Kier molecular flexibility index (Phi) is 11.1. The van der Waals surface area contributed by atoms with Gasteiger partial charge < -0.3 is 25.0 Å². The standard InChI is InChI=1S/C30H35F3N2O7S/c1-19(2)17-35(43(39,40)22-12-10-21(11-13-22)30(31,32)33)18-26(37)24(14-20-8-6-5-7-9-20)34-29(38)23-15-27(41-3)28(42-4)16-25(23)36/h5-13,15-16,19,24,26,36-37H,14,17-18H2,1-4H3,(H,34,38)/t24-,26+/m0/s1. The topological polar surface area (TPSA) is 125 Å². The number of rotatable bonds is 13. The van der Waals surface area contributed by atoms with Crippen molar-refractivity contribution in [3.8, 4) is 17.2 Å². The molecule has 0 bridgehead atoms. The first-order chi connectivity index (χ1) is 20.2. The van der Waals surface area contributed by atoms with E-state index in [2.05, 4.69) is 5.32 Å². The fourth-order valence-electron chi connectivity index (χ4n) is 4.43. The Morgan fingerprint density at radius 1 is 0.953 bits per heavy atom. The summed E-state index contributed by atoms with van der Waals surface area (Å²) in [7, 11) is -1.61. The second kappa shape index (κ2) is 14.1. The van der Waals surface area contributed by atoms with E-state index in [1.54, 1.807) is 44.2 Å². The second-order valence-electron chi connectivity index (χ2n) is 10.3. The van der Waals surface area contributed by atoms with Crippen LogP contribution in [0.25, 0.3) is 0 Å². The number of hydrogen-bond donors (Lipinski definition) is 3. The number of sulfonamides is 1. The van der Waals surface area contributed by atoms with E-state index >= 15 is 0 Å². The highest BCUT2D eigenvalue weighted by molar-refractivity contribution is 7.89. The van der Waals surface area contributed by atoms with Crippen molar-refractivity contribution in [2.45, 2.75) is 43.5 Å². The van der Waals surface area contributed by atoms with Crippen LogP contribution in [-0.4, -0.2) is 68.3 Å². The Balaban J connectivity index is 1.94. The van der Waals surface area contributed by atoms with E-state index in [9.17, 15) is 36.6 Å². The van der Waals surface area contributed by atoms with Gasteiger partial charge in [-0.05, 0) is 42.2 Å². The average Bonchev–Trinajstić information content (AvgIpc) is 2.96. The number of carbonyl (C=O) groups excluding carboxylic acids is 1. The highest BCUT2D eigenvalue weighted by atomic mass is 32.2. The van der Waals surface area contributed by atoms with E-state index in [0.29, 0.717) is 12.1 Å². The number of aliphatic hydroxyl groups is 1. The van der Waals surface area contributed by atoms with E-state index in [4.69, 9.17) is 9.47 Å². The largest absolute Gasteiger partial charge is 0.507 e. The summed E-state index contributed by atoms with van der Waals surface area (Å²) in [4.78, 5) is 13.0. The third-order valence-corrected chi connectivity index (χ3v) is 8.45. The molecule has 0 unspecified atom stereocenters. The Labute approximate surface area is 248 Å². The molecule has 1 amide bonds. The van der Waals surface area contributed by atoms with Crippen LogP contribution in [-0.2, 0) is 22.6 Å². The third kappa shape index (κ3) is 8.62. The number of alkyl halides is 3. The zero-order valence-corrected chi connectivity index (χ0v) is 24.9. The Hall–Kier alpha value is -3.81. The van der Waals surface area contributed by atoms with Gasteiger partial charge in [0.05, 0.1) is 42.4 Å². The number of benzene rings is 3. The zero-order chi connectivity index (χ0) is 31.9. The summed E-state index contributed by atoms with van der Waals surface area (Å²) in [6, 6.07) is 13.4. The molecule has 3 aromatic carbocycles. The van der Waals surface area contributed by atoms with Gasteiger partial charge in [0.2, 0.25) is 10.0 Å². The monoisotopic (exact) mass is 624 g/mol. The molecule has 0 aliphatic heterocycles. The lowest BCUT2D eigenvalue weighted by molar-refractivity contribution is -0.137. The van der Waals surface area contributed by atoms with Crippen molar-refractivity contribution < 1.29 is 46.1 Å². The molecule has 0 aliphatic rings. The van der Waals surface area contributed by atoms with Crippen LogP contribution in [0.5, 0.6) is 17.2 Å². The number of phenolic OH excluding ortho intramolecular Hbond substituents is 1. The van der Waals surface area contributed by atoms with Crippen molar-refractivity contribution in [3.05, 3.63) is 83.4 Å². The van der Waals surface area contributed by atoms with Gasteiger partial charge >= 0.3 is 6.18 Å². The number of halogens is 3. The lowest BCUT2D eigenvalue weighted by atomic mass is 10.00. The van der Waals surface area contributed by atoms with E-state index in [-0.39, 0.29) is 40.8 Å². The van der Waals surface area contributed by atoms with Crippen molar-refractivity contribution in [1.82, 2.24) is 9.62 Å². The SMILES string of the molecule is COc1cc(O)c(C(=O)N[C@@H](Cc2ccccc2)[C@H](O)CN(CC(C)C)S(=O)(=O)c2ccc(C(F)(F)F)cc2)cc1OC.